The molecule has 0 spiro atoms. The molecule has 0 heterocycles. The van der Waals surface area contributed by atoms with E-state index in [2.05, 4.69) is 5.32 Å². The van der Waals surface area contributed by atoms with Gasteiger partial charge in [0, 0.05) is 26.2 Å². The molecule has 0 saturated carbocycles. The minimum Gasteiger partial charge on any atom is -0.355 e. The molecular weight excluding hydrogens is 266 g/mol. The Hall–Kier alpha value is -1.59. The third-order valence-corrected chi connectivity index (χ3v) is 2.63. The quantitative estimate of drug-likeness (QED) is 0.858. The molecule has 0 fully saturated rings. The van der Waals surface area contributed by atoms with Crippen LogP contribution in [0.2, 0.25) is 0 Å². The summed E-state index contributed by atoms with van der Waals surface area (Å²) in [5.41, 5.74) is 7.09. The first-order valence-corrected chi connectivity index (χ1v) is 5.77. The second kappa shape index (κ2) is 7.76. The van der Waals surface area contributed by atoms with Crippen LogP contribution in [-0.4, -0.2) is 36.9 Å². The number of rotatable bonds is 4. The number of carbonyl (C=O) groups is 2. The van der Waals surface area contributed by atoms with Crippen molar-refractivity contribution >= 4 is 24.2 Å². The van der Waals surface area contributed by atoms with Crippen LogP contribution in [0.15, 0.2) is 24.3 Å². The summed E-state index contributed by atoms with van der Waals surface area (Å²) in [6.45, 7) is 2.14. The van der Waals surface area contributed by atoms with E-state index in [1.807, 2.05) is 12.1 Å². The van der Waals surface area contributed by atoms with E-state index < -0.39 is 6.04 Å². The Morgan fingerprint density at radius 1 is 1.32 bits per heavy atom. The maximum absolute atomic E-state index is 11.6. The largest absolute Gasteiger partial charge is 0.355 e. The lowest BCUT2D eigenvalue weighted by Crippen LogP contribution is -2.39. The molecular formula is C13H20ClN3O2. The number of nitrogens with one attached hydrogen (secondary N) is 1. The van der Waals surface area contributed by atoms with Gasteiger partial charge in [0.25, 0.3) is 5.91 Å². The highest BCUT2D eigenvalue weighted by Crippen LogP contribution is 2.07. The topological polar surface area (TPSA) is 75.4 Å². The average Bonchev–Trinajstić information content (AvgIpc) is 2.37. The SMILES string of the molecule is CNC(=O)c1ccc(CN(C)C(=O)[C@@H](C)N)cc1.Cl. The standard InChI is InChI=1S/C13H19N3O2.ClH/c1-9(14)13(18)16(3)8-10-4-6-11(7-5-10)12(17)15-2;/h4-7,9H,8,14H2,1-3H3,(H,15,17);1H/t9-;/m1./s1. The fourth-order valence-corrected chi connectivity index (χ4v) is 1.61. The predicted octanol–water partition coefficient (Wildman–Crippen LogP) is 0.774. The van der Waals surface area contributed by atoms with Crippen molar-refractivity contribution in [3.63, 3.8) is 0 Å². The number of nitrogens with two attached hydrogens (primary N) is 1. The second-order valence-electron chi connectivity index (χ2n) is 4.26. The molecule has 2 amide bonds. The molecule has 0 bridgehead atoms. The van der Waals surface area contributed by atoms with Gasteiger partial charge < -0.3 is 16.0 Å². The van der Waals surface area contributed by atoms with Gasteiger partial charge >= 0.3 is 0 Å². The Morgan fingerprint density at radius 2 is 1.84 bits per heavy atom. The van der Waals surface area contributed by atoms with Crippen LogP contribution < -0.4 is 11.1 Å². The Kier molecular flexibility index (Phi) is 7.11. The Balaban J connectivity index is 0.00000324. The summed E-state index contributed by atoms with van der Waals surface area (Å²) >= 11 is 0. The molecule has 0 unspecified atom stereocenters. The molecule has 1 rings (SSSR count). The normalized spacial score (nSPS) is 11.2. The molecule has 19 heavy (non-hydrogen) atoms. The van der Waals surface area contributed by atoms with E-state index in [4.69, 9.17) is 5.73 Å². The van der Waals surface area contributed by atoms with Crippen molar-refractivity contribution in [2.75, 3.05) is 14.1 Å². The average molecular weight is 286 g/mol. The van der Waals surface area contributed by atoms with Gasteiger partial charge in [0.2, 0.25) is 5.91 Å². The first-order chi connectivity index (χ1) is 8.45. The molecule has 0 saturated heterocycles. The lowest BCUT2D eigenvalue weighted by atomic mass is 10.1. The maximum Gasteiger partial charge on any atom is 0.251 e. The summed E-state index contributed by atoms with van der Waals surface area (Å²) in [7, 11) is 3.30. The van der Waals surface area contributed by atoms with Gasteiger partial charge in [0.15, 0.2) is 0 Å². The van der Waals surface area contributed by atoms with Crippen molar-refractivity contribution in [3.8, 4) is 0 Å². The summed E-state index contributed by atoms with van der Waals surface area (Å²) in [5.74, 6) is -0.230. The van der Waals surface area contributed by atoms with E-state index in [-0.39, 0.29) is 24.2 Å². The van der Waals surface area contributed by atoms with Gasteiger partial charge in [-0.1, -0.05) is 12.1 Å². The molecule has 5 nitrogen and oxygen atoms in total. The third-order valence-electron chi connectivity index (χ3n) is 2.63. The van der Waals surface area contributed by atoms with Crippen LogP contribution in [0, 0.1) is 0 Å². The molecule has 1 atom stereocenters. The fourth-order valence-electron chi connectivity index (χ4n) is 1.61. The molecule has 0 aliphatic rings. The highest BCUT2D eigenvalue weighted by molar-refractivity contribution is 5.93. The highest BCUT2D eigenvalue weighted by Gasteiger charge is 2.13. The van der Waals surface area contributed by atoms with E-state index in [0.29, 0.717) is 12.1 Å². The van der Waals surface area contributed by atoms with E-state index in [1.165, 1.54) is 0 Å². The molecule has 0 aromatic heterocycles. The fraction of sp³-hybridized carbons (Fsp3) is 0.385. The number of benzene rings is 1. The van der Waals surface area contributed by atoms with Gasteiger partial charge in [-0.05, 0) is 24.6 Å². The first kappa shape index (κ1) is 17.4. The van der Waals surface area contributed by atoms with Crippen molar-refractivity contribution in [1.82, 2.24) is 10.2 Å². The van der Waals surface area contributed by atoms with Crippen molar-refractivity contribution < 1.29 is 9.59 Å². The monoisotopic (exact) mass is 285 g/mol. The van der Waals surface area contributed by atoms with Crippen LogP contribution in [0.4, 0.5) is 0 Å². The molecule has 1 aromatic rings. The van der Waals surface area contributed by atoms with Crippen LogP contribution >= 0.6 is 12.4 Å². The summed E-state index contributed by atoms with van der Waals surface area (Å²) in [6.07, 6.45) is 0. The van der Waals surface area contributed by atoms with Gasteiger partial charge in [0.1, 0.15) is 0 Å². The zero-order valence-corrected chi connectivity index (χ0v) is 12.2. The number of halogens is 1. The smallest absolute Gasteiger partial charge is 0.251 e. The van der Waals surface area contributed by atoms with Crippen LogP contribution in [-0.2, 0) is 11.3 Å². The minimum atomic E-state index is -0.500. The molecule has 6 heteroatoms. The van der Waals surface area contributed by atoms with Gasteiger partial charge in [-0.2, -0.15) is 0 Å². The number of amides is 2. The molecule has 0 aliphatic heterocycles. The lowest BCUT2D eigenvalue weighted by Gasteiger charge is -2.19. The third kappa shape index (κ3) is 4.89. The summed E-state index contributed by atoms with van der Waals surface area (Å²) in [5, 5.41) is 2.55. The number of hydrogen-bond donors (Lipinski definition) is 2. The number of likely N-dealkylation sites (N-methyl/N-ethyl adjacent to an activating group) is 1. The predicted molar refractivity (Wildman–Crippen MR) is 77.2 cm³/mol. The first-order valence-electron chi connectivity index (χ1n) is 5.77. The Labute approximate surface area is 119 Å². The van der Waals surface area contributed by atoms with Gasteiger partial charge in [0.05, 0.1) is 6.04 Å². The van der Waals surface area contributed by atoms with E-state index in [1.54, 1.807) is 38.1 Å². The number of nitrogens with zero attached hydrogens (tertiary/aromatic N) is 1. The molecule has 106 valence electrons. The molecule has 0 aliphatic carbocycles. The molecule has 3 N–H and O–H groups in total. The highest BCUT2D eigenvalue weighted by atomic mass is 35.5. The Bertz CT molecular complexity index is 432. The molecule has 1 aromatic carbocycles. The zero-order chi connectivity index (χ0) is 13.7. The zero-order valence-electron chi connectivity index (χ0n) is 11.3. The van der Waals surface area contributed by atoms with Crippen LogP contribution in [0.1, 0.15) is 22.8 Å². The second-order valence-corrected chi connectivity index (χ2v) is 4.26. The van der Waals surface area contributed by atoms with Crippen molar-refractivity contribution in [2.45, 2.75) is 19.5 Å². The van der Waals surface area contributed by atoms with Crippen molar-refractivity contribution in [1.29, 1.82) is 0 Å². The maximum atomic E-state index is 11.6. The van der Waals surface area contributed by atoms with E-state index in [0.717, 1.165) is 5.56 Å². The molecule has 0 radical (unpaired) electrons. The van der Waals surface area contributed by atoms with Crippen LogP contribution in [0.5, 0.6) is 0 Å². The van der Waals surface area contributed by atoms with Gasteiger partial charge in [-0.3, -0.25) is 9.59 Å². The lowest BCUT2D eigenvalue weighted by molar-refractivity contribution is -0.131. The number of carbonyl (C=O) groups excluding carboxylic acids is 2. The van der Waals surface area contributed by atoms with Crippen molar-refractivity contribution in [3.05, 3.63) is 35.4 Å². The van der Waals surface area contributed by atoms with Crippen LogP contribution in [0.25, 0.3) is 0 Å². The number of hydrogen-bond acceptors (Lipinski definition) is 3. The van der Waals surface area contributed by atoms with E-state index in [9.17, 15) is 9.59 Å². The summed E-state index contributed by atoms with van der Waals surface area (Å²) < 4.78 is 0. The summed E-state index contributed by atoms with van der Waals surface area (Å²) in [4.78, 5) is 24.5. The van der Waals surface area contributed by atoms with E-state index >= 15 is 0 Å². The Morgan fingerprint density at radius 3 is 2.26 bits per heavy atom. The van der Waals surface area contributed by atoms with Crippen molar-refractivity contribution in [2.24, 2.45) is 5.73 Å². The van der Waals surface area contributed by atoms with Gasteiger partial charge in [-0.25, -0.2) is 0 Å². The minimum absolute atomic E-state index is 0. The van der Waals surface area contributed by atoms with Crippen LogP contribution in [0.3, 0.4) is 0 Å². The van der Waals surface area contributed by atoms with Gasteiger partial charge in [-0.15, -0.1) is 12.4 Å². The summed E-state index contributed by atoms with van der Waals surface area (Å²) in [6, 6.07) is 6.63.